The minimum atomic E-state index is -0.301. The van der Waals surface area contributed by atoms with Gasteiger partial charge in [0.25, 0.3) is 0 Å². The lowest BCUT2D eigenvalue weighted by Crippen LogP contribution is -2.05. The molecule has 0 fully saturated rings. The first-order chi connectivity index (χ1) is 8.40. The Kier molecular flexibility index (Phi) is 3.69. The minimum absolute atomic E-state index is 0.0381. The molecule has 2 rings (SSSR count). The van der Waals surface area contributed by atoms with Crippen molar-refractivity contribution in [3.05, 3.63) is 54.9 Å². The lowest BCUT2D eigenvalue weighted by atomic mass is 9.98. The molecule has 0 unspecified atom stereocenters. The molecule has 0 bridgehead atoms. The summed E-state index contributed by atoms with van der Waals surface area (Å²) in [6.07, 6.45) is 0. The molecule has 94 valence electrons. The van der Waals surface area contributed by atoms with Crippen molar-refractivity contribution in [2.24, 2.45) is 0 Å². The maximum atomic E-state index is 13.2. The van der Waals surface area contributed by atoms with E-state index < -0.39 is 0 Å². The van der Waals surface area contributed by atoms with E-state index in [1.165, 1.54) is 23.5 Å². The van der Waals surface area contributed by atoms with E-state index in [-0.39, 0.29) is 11.6 Å². The van der Waals surface area contributed by atoms with Crippen molar-refractivity contribution in [1.29, 1.82) is 0 Å². The van der Waals surface area contributed by atoms with Gasteiger partial charge in [-0.3, -0.25) is 4.79 Å². The topological polar surface area (TPSA) is 17.1 Å². The molecule has 2 aromatic rings. The van der Waals surface area contributed by atoms with Gasteiger partial charge in [-0.1, -0.05) is 0 Å². The number of ketones is 1. The highest BCUT2D eigenvalue weighted by molar-refractivity contribution is 9.11. The van der Waals surface area contributed by atoms with Crippen molar-refractivity contribution in [3.63, 3.8) is 0 Å². The van der Waals surface area contributed by atoms with Crippen LogP contribution in [0.3, 0.4) is 0 Å². The van der Waals surface area contributed by atoms with E-state index in [9.17, 15) is 9.18 Å². The number of halogens is 2. The zero-order valence-corrected chi connectivity index (χ0v) is 12.7. The van der Waals surface area contributed by atoms with Gasteiger partial charge in [0.05, 0.1) is 8.66 Å². The first-order valence-electron chi connectivity index (χ1n) is 5.47. The molecule has 0 radical (unpaired) electrons. The van der Waals surface area contributed by atoms with Crippen LogP contribution in [0.15, 0.2) is 22.0 Å². The predicted octanol–water partition coefficient (Wildman–Crippen LogP) is 4.81. The first-order valence-corrected chi connectivity index (χ1v) is 7.08. The number of hydrogen-bond acceptors (Lipinski definition) is 2. The lowest BCUT2D eigenvalue weighted by molar-refractivity contribution is 0.104. The predicted molar refractivity (Wildman–Crippen MR) is 76.1 cm³/mol. The second-order valence-electron chi connectivity index (χ2n) is 4.31. The molecule has 0 amide bonds. The summed E-state index contributed by atoms with van der Waals surface area (Å²) in [6.45, 7) is 5.47. The van der Waals surface area contributed by atoms with Gasteiger partial charge in [0, 0.05) is 5.56 Å². The summed E-state index contributed by atoms with van der Waals surface area (Å²) in [5, 5.41) is 0. The van der Waals surface area contributed by atoms with Crippen molar-refractivity contribution in [1.82, 2.24) is 0 Å². The number of benzene rings is 1. The molecule has 0 spiro atoms. The van der Waals surface area contributed by atoms with Crippen LogP contribution in [0, 0.1) is 26.6 Å². The Balaban J connectivity index is 2.52. The van der Waals surface area contributed by atoms with Gasteiger partial charge in [-0.05, 0) is 71.6 Å². The Hall–Kier alpha value is -1.00. The normalized spacial score (nSPS) is 10.7. The van der Waals surface area contributed by atoms with Gasteiger partial charge in [0.1, 0.15) is 5.82 Å². The molecule has 0 aliphatic carbocycles. The molecular weight excluding hydrogens is 315 g/mol. The van der Waals surface area contributed by atoms with E-state index in [0.29, 0.717) is 21.6 Å². The van der Waals surface area contributed by atoms with Gasteiger partial charge in [0.15, 0.2) is 0 Å². The summed E-state index contributed by atoms with van der Waals surface area (Å²) in [5.74, 6) is -0.339. The number of rotatable bonds is 2. The van der Waals surface area contributed by atoms with Crippen LogP contribution < -0.4 is 0 Å². The summed E-state index contributed by atoms with van der Waals surface area (Å²) >= 11 is 4.82. The smallest absolute Gasteiger partial charge is 0.203 e. The standard InChI is InChI=1S/C14H12BrFOS/c1-7-4-10(16)5-8(2)12(7)13(17)11-6-9(3)14(15)18-11/h4-6H,1-3H3. The fourth-order valence-corrected chi connectivity index (χ4v) is 3.44. The highest BCUT2D eigenvalue weighted by atomic mass is 79.9. The Morgan fingerprint density at radius 2 is 1.67 bits per heavy atom. The third-order valence-electron chi connectivity index (χ3n) is 2.81. The molecule has 0 atom stereocenters. The number of hydrogen-bond donors (Lipinski definition) is 0. The second kappa shape index (κ2) is 4.94. The number of aryl methyl sites for hydroxylation is 3. The molecule has 0 saturated heterocycles. The van der Waals surface area contributed by atoms with E-state index >= 15 is 0 Å². The van der Waals surface area contributed by atoms with Crippen LogP contribution in [0.1, 0.15) is 31.9 Å². The van der Waals surface area contributed by atoms with Gasteiger partial charge in [-0.25, -0.2) is 4.39 Å². The van der Waals surface area contributed by atoms with Crippen LogP contribution in [0.4, 0.5) is 4.39 Å². The Labute approximate surface area is 118 Å². The fraction of sp³-hybridized carbons (Fsp3) is 0.214. The number of carbonyl (C=O) groups excluding carboxylic acids is 1. The van der Waals surface area contributed by atoms with Gasteiger partial charge in [-0.15, -0.1) is 11.3 Å². The average molecular weight is 327 g/mol. The second-order valence-corrected chi connectivity index (χ2v) is 6.68. The Morgan fingerprint density at radius 1 is 1.11 bits per heavy atom. The molecule has 0 saturated carbocycles. The van der Waals surface area contributed by atoms with Gasteiger partial charge >= 0.3 is 0 Å². The zero-order chi connectivity index (χ0) is 13.4. The van der Waals surface area contributed by atoms with E-state index in [0.717, 1.165) is 9.35 Å². The van der Waals surface area contributed by atoms with Crippen molar-refractivity contribution in [2.45, 2.75) is 20.8 Å². The monoisotopic (exact) mass is 326 g/mol. The molecule has 4 heteroatoms. The van der Waals surface area contributed by atoms with Crippen LogP contribution in [0.25, 0.3) is 0 Å². The maximum Gasteiger partial charge on any atom is 0.203 e. The van der Waals surface area contributed by atoms with Crippen LogP contribution in [0.2, 0.25) is 0 Å². The highest BCUT2D eigenvalue weighted by Gasteiger charge is 2.18. The van der Waals surface area contributed by atoms with Crippen LogP contribution >= 0.6 is 27.3 Å². The molecule has 1 aromatic heterocycles. The van der Waals surface area contributed by atoms with E-state index in [1.807, 2.05) is 13.0 Å². The van der Waals surface area contributed by atoms with Crippen LogP contribution in [0.5, 0.6) is 0 Å². The summed E-state index contributed by atoms with van der Waals surface area (Å²) in [5.41, 5.74) is 3.00. The van der Waals surface area contributed by atoms with Gasteiger partial charge in [-0.2, -0.15) is 0 Å². The quantitative estimate of drug-likeness (QED) is 0.724. The molecule has 0 aliphatic rings. The average Bonchev–Trinajstić information content (AvgIpc) is 2.57. The molecule has 1 nitrogen and oxygen atoms in total. The van der Waals surface area contributed by atoms with Crippen molar-refractivity contribution in [3.8, 4) is 0 Å². The van der Waals surface area contributed by atoms with Crippen molar-refractivity contribution >= 4 is 33.0 Å². The molecular formula is C14H12BrFOS. The maximum absolute atomic E-state index is 13.2. The molecule has 18 heavy (non-hydrogen) atoms. The third kappa shape index (κ3) is 2.40. The largest absolute Gasteiger partial charge is 0.288 e. The van der Waals surface area contributed by atoms with Crippen molar-refractivity contribution in [2.75, 3.05) is 0 Å². The van der Waals surface area contributed by atoms with Crippen LogP contribution in [-0.2, 0) is 0 Å². The summed E-state index contributed by atoms with van der Waals surface area (Å²) in [4.78, 5) is 13.1. The minimum Gasteiger partial charge on any atom is -0.288 e. The Bertz CT molecular complexity index is 588. The van der Waals surface area contributed by atoms with E-state index in [2.05, 4.69) is 15.9 Å². The third-order valence-corrected chi connectivity index (χ3v) is 4.94. The molecule has 0 N–H and O–H groups in total. The first kappa shape index (κ1) is 13.4. The van der Waals surface area contributed by atoms with E-state index in [1.54, 1.807) is 13.8 Å². The summed E-state index contributed by atoms with van der Waals surface area (Å²) in [7, 11) is 0. The highest BCUT2D eigenvalue weighted by Crippen LogP contribution is 2.30. The number of carbonyl (C=O) groups is 1. The SMILES string of the molecule is Cc1cc(C(=O)c2c(C)cc(F)cc2C)sc1Br. The zero-order valence-electron chi connectivity index (χ0n) is 10.3. The molecule has 0 aliphatic heterocycles. The van der Waals surface area contributed by atoms with Crippen molar-refractivity contribution < 1.29 is 9.18 Å². The molecule has 1 heterocycles. The number of thiophene rings is 1. The van der Waals surface area contributed by atoms with Gasteiger partial charge in [0.2, 0.25) is 5.78 Å². The fourth-order valence-electron chi connectivity index (χ4n) is 1.96. The van der Waals surface area contributed by atoms with Gasteiger partial charge < -0.3 is 0 Å². The van der Waals surface area contributed by atoms with E-state index in [4.69, 9.17) is 0 Å². The Morgan fingerprint density at radius 3 is 2.11 bits per heavy atom. The van der Waals surface area contributed by atoms with Crippen LogP contribution in [-0.4, -0.2) is 5.78 Å². The lowest BCUT2D eigenvalue weighted by Gasteiger charge is -2.07. The molecule has 1 aromatic carbocycles. The summed E-state index contributed by atoms with van der Waals surface area (Å²) in [6, 6.07) is 4.66. The summed E-state index contributed by atoms with van der Waals surface area (Å²) < 4.78 is 14.2.